The van der Waals surface area contributed by atoms with Crippen LogP contribution in [0.2, 0.25) is 0 Å². The van der Waals surface area contributed by atoms with E-state index in [0.29, 0.717) is 26.2 Å². The molecule has 2 fully saturated rings. The third-order valence-electron chi connectivity index (χ3n) is 3.23. The molecule has 0 spiro atoms. The first kappa shape index (κ1) is 16.1. The maximum atomic E-state index is 12.4. The lowest BCUT2D eigenvalue weighted by Crippen LogP contribution is -2.52. The van der Waals surface area contributed by atoms with Crippen molar-refractivity contribution < 1.29 is 13.2 Å². The van der Waals surface area contributed by atoms with Gasteiger partial charge in [-0.2, -0.15) is 17.0 Å². The molecule has 0 radical (unpaired) electrons. The first-order chi connectivity index (χ1) is 7.89. The van der Waals surface area contributed by atoms with E-state index in [-0.39, 0.29) is 30.7 Å². The molecule has 2 saturated heterocycles. The van der Waals surface area contributed by atoms with Gasteiger partial charge in [0.05, 0.1) is 12.2 Å². The van der Waals surface area contributed by atoms with Crippen LogP contribution in [0.1, 0.15) is 20.3 Å². The van der Waals surface area contributed by atoms with Crippen molar-refractivity contribution in [2.45, 2.75) is 38.5 Å². The minimum absolute atomic E-state index is 0. The lowest BCUT2D eigenvalue weighted by Gasteiger charge is -2.36. The van der Waals surface area contributed by atoms with Crippen molar-refractivity contribution in [1.29, 1.82) is 0 Å². The van der Waals surface area contributed by atoms with Crippen LogP contribution >= 0.6 is 12.4 Å². The number of ether oxygens (including phenoxy) is 1. The highest BCUT2D eigenvalue weighted by Gasteiger charge is 2.37. The van der Waals surface area contributed by atoms with Crippen molar-refractivity contribution in [2.24, 2.45) is 5.73 Å². The van der Waals surface area contributed by atoms with Crippen molar-refractivity contribution in [3.63, 3.8) is 0 Å². The van der Waals surface area contributed by atoms with E-state index in [4.69, 9.17) is 10.5 Å². The Bertz CT molecular complexity index is 369. The second-order valence-corrected chi connectivity index (χ2v) is 6.92. The Morgan fingerprint density at radius 1 is 1.11 bits per heavy atom. The zero-order valence-electron chi connectivity index (χ0n) is 10.8. The number of nitrogens with zero attached hydrogens (tertiary/aromatic N) is 2. The molecular weight excluding hydrogens is 278 g/mol. The predicted molar refractivity (Wildman–Crippen MR) is 71.9 cm³/mol. The molecule has 18 heavy (non-hydrogen) atoms. The van der Waals surface area contributed by atoms with Crippen LogP contribution in [0.3, 0.4) is 0 Å². The molecule has 0 bridgehead atoms. The smallest absolute Gasteiger partial charge is 0.282 e. The Morgan fingerprint density at radius 2 is 1.67 bits per heavy atom. The van der Waals surface area contributed by atoms with Crippen molar-refractivity contribution in [3.8, 4) is 0 Å². The lowest BCUT2D eigenvalue weighted by atomic mass is 10.3. The Balaban J connectivity index is 0.00000162. The van der Waals surface area contributed by atoms with Gasteiger partial charge in [0.25, 0.3) is 10.2 Å². The fourth-order valence-corrected chi connectivity index (χ4v) is 4.29. The van der Waals surface area contributed by atoms with Crippen LogP contribution in [0.15, 0.2) is 0 Å². The van der Waals surface area contributed by atoms with E-state index in [9.17, 15) is 8.42 Å². The first-order valence-electron chi connectivity index (χ1n) is 6.06. The molecule has 0 amide bonds. The highest BCUT2D eigenvalue weighted by Crippen LogP contribution is 2.20. The summed E-state index contributed by atoms with van der Waals surface area (Å²) in [5, 5.41) is 0. The highest BCUT2D eigenvalue weighted by molar-refractivity contribution is 7.86. The summed E-state index contributed by atoms with van der Waals surface area (Å²) >= 11 is 0. The topological polar surface area (TPSA) is 75.9 Å². The van der Waals surface area contributed by atoms with Gasteiger partial charge in [0, 0.05) is 32.2 Å². The molecule has 2 heterocycles. The van der Waals surface area contributed by atoms with Gasteiger partial charge in [-0.1, -0.05) is 0 Å². The second-order valence-electron chi connectivity index (χ2n) is 4.99. The van der Waals surface area contributed by atoms with E-state index in [2.05, 4.69) is 0 Å². The standard InChI is InChI=1S/C10H21N3O3S.ClH/c1-8-5-13(6-9(2)16-8)17(14,15)12-4-3-10(11)7-12;/h8-10H,3-7,11H2,1-2H3;1H. The Hall–Kier alpha value is 0.0800. The third-order valence-corrected chi connectivity index (χ3v) is 5.16. The highest BCUT2D eigenvalue weighted by atomic mass is 35.5. The minimum Gasteiger partial charge on any atom is -0.373 e. The van der Waals surface area contributed by atoms with Gasteiger partial charge in [-0.05, 0) is 20.3 Å². The summed E-state index contributed by atoms with van der Waals surface area (Å²) in [6, 6.07) is -0.0272. The Kier molecular flexibility index (Phi) is 5.40. The van der Waals surface area contributed by atoms with Crippen molar-refractivity contribution in [2.75, 3.05) is 26.2 Å². The number of rotatable bonds is 2. The molecule has 0 aliphatic carbocycles. The molecule has 2 rings (SSSR count). The van der Waals surface area contributed by atoms with Crippen LogP contribution < -0.4 is 5.73 Å². The van der Waals surface area contributed by atoms with E-state index in [1.165, 1.54) is 8.61 Å². The molecule has 2 aliphatic heterocycles. The normalized spacial score (nSPS) is 35.4. The summed E-state index contributed by atoms with van der Waals surface area (Å²) in [5.74, 6) is 0. The molecule has 3 atom stereocenters. The Labute approximate surface area is 115 Å². The van der Waals surface area contributed by atoms with Crippen molar-refractivity contribution >= 4 is 22.6 Å². The fourth-order valence-electron chi connectivity index (χ4n) is 2.45. The van der Waals surface area contributed by atoms with Crippen LogP contribution in [-0.2, 0) is 14.9 Å². The molecule has 0 aromatic rings. The summed E-state index contributed by atoms with van der Waals surface area (Å²) < 4.78 is 33.3. The second kappa shape index (κ2) is 6.02. The molecule has 2 N–H and O–H groups in total. The molecule has 0 saturated carbocycles. The van der Waals surface area contributed by atoms with Gasteiger partial charge < -0.3 is 10.5 Å². The van der Waals surface area contributed by atoms with E-state index >= 15 is 0 Å². The summed E-state index contributed by atoms with van der Waals surface area (Å²) in [6.45, 7) is 5.62. The molecule has 6 nitrogen and oxygen atoms in total. The van der Waals surface area contributed by atoms with Gasteiger partial charge >= 0.3 is 0 Å². The monoisotopic (exact) mass is 299 g/mol. The number of nitrogens with two attached hydrogens (primary N) is 1. The molecule has 0 aromatic carbocycles. The van der Waals surface area contributed by atoms with E-state index in [0.717, 1.165) is 6.42 Å². The van der Waals surface area contributed by atoms with Crippen molar-refractivity contribution in [1.82, 2.24) is 8.61 Å². The summed E-state index contributed by atoms with van der Waals surface area (Å²) in [4.78, 5) is 0. The average molecular weight is 300 g/mol. The third kappa shape index (κ3) is 3.34. The molecule has 3 unspecified atom stereocenters. The number of hydrogen-bond donors (Lipinski definition) is 1. The molecule has 2 aliphatic rings. The number of halogens is 1. The summed E-state index contributed by atoms with van der Waals surface area (Å²) in [5.41, 5.74) is 5.76. The van der Waals surface area contributed by atoms with E-state index in [1.807, 2.05) is 13.8 Å². The zero-order chi connectivity index (χ0) is 12.6. The predicted octanol–water partition coefficient (Wildman–Crippen LogP) is -0.205. The average Bonchev–Trinajstić information content (AvgIpc) is 2.64. The zero-order valence-corrected chi connectivity index (χ0v) is 12.4. The van der Waals surface area contributed by atoms with Crippen LogP contribution in [0.4, 0.5) is 0 Å². The van der Waals surface area contributed by atoms with Crippen molar-refractivity contribution in [3.05, 3.63) is 0 Å². The maximum absolute atomic E-state index is 12.4. The summed E-state index contributed by atoms with van der Waals surface area (Å²) in [6.07, 6.45) is 0.642. The number of hydrogen-bond acceptors (Lipinski definition) is 4. The minimum atomic E-state index is -3.35. The van der Waals surface area contributed by atoms with Gasteiger partial charge in [0.1, 0.15) is 0 Å². The molecule has 0 aromatic heterocycles. The van der Waals surface area contributed by atoms with Gasteiger partial charge in [0.2, 0.25) is 0 Å². The van der Waals surface area contributed by atoms with E-state index in [1.54, 1.807) is 0 Å². The van der Waals surface area contributed by atoms with Gasteiger partial charge in [-0.3, -0.25) is 0 Å². The Morgan fingerprint density at radius 3 is 2.11 bits per heavy atom. The van der Waals surface area contributed by atoms with E-state index < -0.39 is 10.2 Å². The molecule has 108 valence electrons. The first-order valence-corrected chi connectivity index (χ1v) is 7.45. The van der Waals surface area contributed by atoms with Crippen LogP contribution in [-0.4, -0.2) is 61.5 Å². The number of morpholine rings is 1. The molecule has 8 heteroatoms. The van der Waals surface area contributed by atoms with Gasteiger partial charge in [0.15, 0.2) is 0 Å². The maximum Gasteiger partial charge on any atom is 0.282 e. The largest absolute Gasteiger partial charge is 0.373 e. The fraction of sp³-hybridized carbons (Fsp3) is 1.00. The van der Waals surface area contributed by atoms with Crippen LogP contribution in [0, 0.1) is 0 Å². The molecular formula is C10H22ClN3O3S. The van der Waals surface area contributed by atoms with Crippen LogP contribution in [0.5, 0.6) is 0 Å². The van der Waals surface area contributed by atoms with Gasteiger partial charge in [-0.25, -0.2) is 0 Å². The van der Waals surface area contributed by atoms with Gasteiger partial charge in [-0.15, -0.1) is 12.4 Å². The summed E-state index contributed by atoms with van der Waals surface area (Å²) in [7, 11) is -3.35. The quantitative estimate of drug-likeness (QED) is 0.766. The van der Waals surface area contributed by atoms with Crippen LogP contribution in [0.25, 0.3) is 0 Å². The SMILES string of the molecule is CC1CN(S(=O)(=O)N2CCC(N)C2)CC(C)O1.Cl. The lowest BCUT2D eigenvalue weighted by molar-refractivity contribution is -0.0453.